The smallest absolute Gasteiger partial charge is 0.261 e. The molecule has 2 rings (SSSR count). The van der Waals surface area contributed by atoms with Gasteiger partial charge in [0, 0.05) is 5.02 Å². The predicted octanol–water partition coefficient (Wildman–Crippen LogP) is 5.28. The minimum atomic E-state index is -0.586. The van der Waals surface area contributed by atoms with Crippen molar-refractivity contribution in [2.24, 2.45) is 0 Å². The van der Waals surface area contributed by atoms with E-state index < -0.39 is 6.10 Å². The molecule has 25 heavy (non-hydrogen) atoms. The van der Waals surface area contributed by atoms with Crippen LogP contribution in [0.1, 0.15) is 51.8 Å². The van der Waals surface area contributed by atoms with Gasteiger partial charge in [0.2, 0.25) is 0 Å². The van der Waals surface area contributed by atoms with Crippen LogP contribution in [0, 0.1) is 0 Å². The van der Waals surface area contributed by atoms with Crippen LogP contribution < -0.4 is 10.1 Å². The van der Waals surface area contributed by atoms with Crippen molar-refractivity contribution in [3.8, 4) is 5.75 Å². The third kappa shape index (κ3) is 5.50. The van der Waals surface area contributed by atoms with Crippen LogP contribution in [-0.2, 0) is 10.2 Å². The number of rotatable bonds is 5. The summed E-state index contributed by atoms with van der Waals surface area (Å²) in [5.41, 5.74) is 2.46. The SMILES string of the molecule is C[C@@H](Oc1ccc(Cl)cc1)C(=O)N[C@H](C)c1ccc(C(C)(C)C)cc1. The Morgan fingerprint density at radius 3 is 2.08 bits per heavy atom. The molecule has 0 aliphatic rings. The molecular weight excluding hydrogens is 334 g/mol. The maximum Gasteiger partial charge on any atom is 0.261 e. The summed E-state index contributed by atoms with van der Waals surface area (Å²) < 4.78 is 5.66. The predicted molar refractivity (Wildman–Crippen MR) is 103 cm³/mol. The number of nitrogens with one attached hydrogen (secondary N) is 1. The summed E-state index contributed by atoms with van der Waals surface area (Å²) in [6, 6.07) is 15.3. The fourth-order valence-electron chi connectivity index (χ4n) is 2.46. The van der Waals surface area contributed by atoms with Gasteiger partial charge in [0.05, 0.1) is 6.04 Å². The van der Waals surface area contributed by atoms with Crippen LogP contribution in [-0.4, -0.2) is 12.0 Å². The molecule has 0 aliphatic heterocycles. The van der Waals surface area contributed by atoms with E-state index in [0.717, 1.165) is 5.56 Å². The minimum Gasteiger partial charge on any atom is -0.481 e. The number of hydrogen-bond acceptors (Lipinski definition) is 2. The van der Waals surface area contributed by atoms with Crippen LogP contribution in [0.3, 0.4) is 0 Å². The Balaban J connectivity index is 1.95. The Morgan fingerprint density at radius 1 is 1.00 bits per heavy atom. The fourth-order valence-corrected chi connectivity index (χ4v) is 2.58. The van der Waals surface area contributed by atoms with E-state index in [2.05, 4.69) is 50.4 Å². The average molecular weight is 360 g/mol. The molecule has 3 nitrogen and oxygen atoms in total. The van der Waals surface area contributed by atoms with Gasteiger partial charge in [-0.05, 0) is 54.7 Å². The van der Waals surface area contributed by atoms with Crippen LogP contribution in [0.5, 0.6) is 5.75 Å². The van der Waals surface area contributed by atoms with Gasteiger partial charge >= 0.3 is 0 Å². The van der Waals surface area contributed by atoms with Crippen LogP contribution in [0.2, 0.25) is 5.02 Å². The van der Waals surface area contributed by atoms with Gasteiger partial charge < -0.3 is 10.1 Å². The number of ether oxygens (including phenoxy) is 1. The molecule has 2 aromatic rings. The summed E-state index contributed by atoms with van der Waals surface area (Å²) in [4.78, 5) is 12.4. The first-order valence-electron chi connectivity index (χ1n) is 8.50. The molecule has 0 unspecified atom stereocenters. The van der Waals surface area contributed by atoms with Crippen molar-refractivity contribution >= 4 is 17.5 Å². The zero-order chi connectivity index (χ0) is 18.6. The van der Waals surface area contributed by atoms with E-state index in [9.17, 15) is 4.79 Å². The van der Waals surface area contributed by atoms with E-state index >= 15 is 0 Å². The number of benzene rings is 2. The molecule has 0 heterocycles. The lowest BCUT2D eigenvalue weighted by molar-refractivity contribution is -0.127. The second-order valence-corrected chi connectivity index (χ2v) is 7.75. The van der Waals surface area contributed by atoms with E-state index in [1.165, 1.54) is 5.56 Å². The highest BCUT2D eigenvalue weighted by Crippen LogP contribution is 2.24. The number of amides is 1. The van der Waals surface area contributed by atoms with Gasteiger partial charge in [0.25, 0.3) is 5.91 Å². The quantitative estimate of drug-likeness (QED) is 0.788. The largest absolute Gasteiger partial charge is 0.481 e. The highest BCUT2D eigenvalue weighted by molar-refractivity contribution is 6.30. The monoisotopic (exact) mass is 359 g/mol. The van der Waals surface area contributed by atoms with Crippen molar-refractivity contribution in [3.05, 3.63) is 64.7 Å². The van der Waals surface area contributed by atoms with Crippen LogP contribution >= 0.6 is 11.6 Å². The first-order valence-corrected chi connectivity index (χ1v) is 8.87. The molecule has 0 aromatic heterocycles. The second kappa shape index (κ2) is 7.92. The van der Waals surface area contributed by atoms with E-state index in [1.54, 1.807) is 31.2 Å². The number of carbonyl (C=O) groups excluding carboxylic acids is 1. The molecular formula is C21H26ClNO2. The highest BCUT2D eigenvalue weighted by Gasteiger charge is 2.19. The lowest BCUT2D eigenvalue weighted by Crippen LogP contribution is -2.37. The zero-order valence-electron chi connectivity index (χ0n) is 15.5. The van der Waals surface area contributed by atoms with Crippen LogP contribution in [0.15, 0.2) is 48.5 Å². The lowest BCUT2D eigenvalue weighted by Gasteiger charge is -2.22. The summed E-state index contributed by atoms with van der Waals surface area (Å²) in [5.74, 6) is 0.469. The van der Waals surface area contributed by atoms with Gasteiger partial charge in [-0.15, -0.1) is 0 Å². The molecule has 0 fully saturated rings. The summed E-state index contributed by atoms with van der Waals surface area (Å²) >= 11 is 5.85. The summed E-state index contributed by atoms with van der Waals surface area (Å²) in [7, 11) is 0. The Bertz CT molecular complexity index is 702. The molecule has 0 bridgehead atoms. The number of carbonyl (C=O) groups is 1. The van der Waals surface area contributed by atoms with Gasteiger partial charge in [-0.3, -0.25) is 4.79 Å². The normalized spacial score (nSPS) is 13.8. The fraction of sp³-hybridized carbons (Fsp3) is 0.381. The first kappa shape index (κ1) is 19.3. The number of halogens is 1. The Hall–Kier alpha value is -2.00. The molecule has 0 aliphatic carbocycles. The molecule has 0 radical (unpaired) electrons. The third-order valence-electron chi connectivity index (χ3n) is 4.13. The molecule has 1 amide bonds. The number of hydrogen-bond donors (Lipinski definition) is 1. The van der Waals surface area contributed by atoms with E-state index in [0.29, 0.717) is 10.8 Å². The molecule has 0 spiro atoms. The second-order valence-electron chi connectivity index (χ2n) is 7.32. The molecule has 0 saturated heterocycles. The van der Waals surface area contributed by atoms with Crippen molar-refractivity contribution in [1.82, 2.24) is 5.32 Å². The van der Waals surface area contributed by atoms with Crippen molar-refractivity contribution in [3.63, 3.8) is 0 Å². The topological polar surface area (TPSA) is 38.3 Å². The van der Waals surface area contributed by atoms with E-state index in [-0.39, 0.29) is 17.4 Å². The van der Waals surface area contributed by atoms with Crippen molar-refractivity contribution in [2.45, 2.75) is 52.2 Å². The Morgan fingerprint density at radius 2 is 1.56 bits per heavy atom. The molecule has 4 heteroatoms. The van der Waals surface area contributed by atoms with E-state index in [1.807, 2.05) is 6.92 Å². The van der Waals surface area contributed by atoms with Crippen LogP contribution in [0.25, 0.3) is 0 Å². The van der Waals surface area contributed by atoms with Gasteiger partial charge in [-0.1, -0.05) is 56.6 Å². The maximum atomic E-state index is 12.4. The van der Waals surface area contributed by atoms with Gasteiger partial charge in [0.15, 0.2) is 6.10 Å². The average Bonchev–Trinajstić information content (AvgIpc) is 2.56. The first-order chi connectivity index (χ1) is 11.7. The van der Waals surface area contributed by atoms with Crippen molar-refractivity contribution in [1.29, 1.82) is 0 Å². The summed E-state index contributed by atoms with van der Waals surface area (Å²) in [6.45, 7) is 10.3. The van der Waals surface area contributed by atoms with Crippen LogP contribution in [0.4, 0.5) is 0 Å². The summed E-state index contributed by atoms with van der Waals surface area (Å²) in [5, 5.41) is 3.63. The summed E-state index contributed by atoms with van der Waals surface area (Å²) in [6.07, 6.45) is -0.586. The molecule has 1 N–H and O–H groups in total. The Kier molecular flexibility index (Phi) is 6.12. The molecule has 2 aromatic carbocycles. The van der Waals surface area contributed by atoms with Gasteiger partial charge in [-0.2, -0.15) is 0 Å². The molecule has 2 atom stereocenters. The molecule has 134 valence electrons. The lowest BCUT2D eigenvalue weighted by atomic mass is 9.86. The highest BCUT2D eigenvalue weighted by atomic mass is 35.5. The van der Waals surface area contributed by atoms with Crippen molar-refractivity contribution in [2.75, 3.05) is 0 Å². The third-order valence-corrected chi connectivity index (χ3v) is 4.38. The minimum absolute atomic E-state index is 0.0854. The van der Waals surface area contributed by atoms with E-state index in [4.69, 9.17) is 16.3 Å². The standard InChI is InChI=1S/C21H26ClNO2/c1-14(16-6-8-17(9-7-16)21(3,4)5)23-20(24)15(2)25-19-12-10-18(22)11-13-19/h6-15H,1-5H3,(H,23,24)/t14-,15-/m1/s1. The molecule has 0 saturated carbocycles. The zero-order valence-corrected chi connectivity index (χ0v) is 16.2. The van der Waals surface area contributed by atoms with Gasteiger partial charge in [0.1, 0.15) is 5.75 Å². The van der Waals surface area contributed by atoms with Gasteiger partial charge in [-0.25, -0.2) is 0 Å². The Labute approximate surface area is 155 Å². The van der Waals surface area contributed by atoms with Crippen molar-refractivity contribution < 1.29 is 9.53 Å². The maximum absolute atomic E-state index is 12.4.